The molecule has 0 aliphatic rings. The van der Waals surface area contributed by atoms with E-state index in [1.54, 1.807) is 12.3 Å². The molecule has 0 spiro atoms. The van der Waals surface area contributed by atoms with E-state index in [1.165, 1.54) is 11.3 Å². The molecule has 0 saturated heterocycles. The first-order chi connectivity index (χ1) is 5.22. The topological polar surface area (TPSA) is 62.2 Å². The van der Waals surface area contributed by atoms with Crippen molar-refractivity contribution in [1.29, 1.82) is 0 Å². The fraction of sp³-hybridized carbons (Fsp3) is 0. The molecule has 0 aromatic carbocycles. The minimum atomic E-state index is -1.10. The summed E-state index contributed by atoms with van der Waals surface area (Å²) in [5.41, 5.74) is 0. The lowest BCUT2D eigenvalue weighted by molar-refractivity contribution is 0.209. The molecule has 0 bridgehead atoms. The van der Waals surface area contributed by atoms with Gasteiger partial charge in [0.25, 0.3) is 0 Å². The Hall–Kier alpha value is -1.36. The normalized spacial score (nSPS) is 9.09. The van der Waals surface area contributed by atoms with Gasteiger partial charge in [0, 0.05) is 11.1 Å². The molecule has 1 aromatic rings. The van der Waals surface area contributed by atoms with Gasteiger partial charge >= 0.3 is 6.09 Å². The summed E-state index contributed by atoms with van der Waals surface area (Å²) in [4.78, 5) is 14.7. The number of aromatic nitrogens is 1. The van der Waals surface area contributed by atoms with Crippen LogP contribution in [0, 0.1) is 0 Å². The highest BCUT2D eigenvalue weighted by Crippen LogP contribution is 2.18. The number of carboxylic acid groups (broad SMARTS) is 1. The van der Waals surface area contributed by atoms with Crippen molar-refractivity contribution in [3.8, 4) is 0 Å². The molecule has 58 valence electrons. The second kappa shape index (κ2) is 3.16. The average molecular weight is 170 g/mol. The minimum Gasteiger partial charge on any atom is -0.465 e. The Kier molecular flexibility index (Phi) is 2.22. The van der Waals surface area contributed by atoms with E-state index < -0.39 is 6.09 Å². The lowest BCUT2D eigenvalue weighted by Gasteiger charge is -1.89. The number of carbonyl (C=O) groups is 1. The third kappa shape index (κ3) is 2.05. The molecule has 4 nitrogen and oxygen atoms in total. The van der Waals surface area contributed by atoms with Gasteiger partial charge in [0.15, 0.2) is 5.13 Å². The van der Waals surface area contributed by atoms with Gasteiger partial charge in [-0.2, -0.15) is 0 Å². The lowest BCUT2D eigenvalue weighted by atomic mass is 10.6. The van der Waals surface area contributed by atoms with Crippen LogP contribution >= 0.6 is 11.3 Å². The van der Waals surface area contributed by atoms with Crippen LogP contribution < -0.4 is 5.32 Å². The van der Waals surface area contributed by atoms with Gasteiger partial charge in [-0.3, -0.25) is 5.32 Å². The van der Waals surface area contributed by atoms with Crippen molar-refractivity contribution < 1.29 is 9.90 Å². The molecule has 1 aromatic heterocycles. The Morgan fingerprint density at radius 3 is 3.09 bits per heavy atom. The SMILES string of the molecule is C=Cc1cnc(NC(=O)O)s1. The van der Waals surface area contributed by atoms with Gasteiger partial charge < -0.3 is 5.11 Å². The van der Waals surface area contributed by atoms with E-state index in [0.717, 1.165) is 4.88 Å². The Bertz CT molecular complexity index is 282. The van der Waals surface area contributed by atoms with E-state index in [-0.39, 0.29) is 0 Å². The van der Waals surface area contributed by atoms with Gasteiger partial charge in [-0.15, -0.1) is 0 Å². The smallest absolute Gasteiger partial charge is 0.410 e. The summed E-state index contributed by atoms with van der Waals surface area (Å²) >= 11 is 1.24. The van der Waals surface area contributed by atoms with E-state index in [1.807, 2.05) is 0 Å². The number of hydrogen-bond acceptors (Lipinski definition) is 3. The Balaban J connectivity index is 2.72. The number of anilines is 1. The summed E-state index contributed by atoms with van der Waals surface area (Å²) < 4.78 is 0. The van der Waals surface area contributed by atoms with E-state index in [4.69, 9.17) is 5.11 Å². The number of rotatable bonds is 2. The van der Waals surface area contributed by atoms with Crippen LogP contribution in [0.2, 0.25) is 0 Å². The summed E-state index contributed by atoms with van der Waals surface area (Å²) in [6, 6.07) is 0. The number of amides is 1. The quantitative estimate of drug-likeness (QED) is 0.712. The van der Waals surface area contributed by atoms with Gasteiger partial charge in [0.05, 0.1) is 0 Å². The van der Waals surface area contributed by atoms with Crippen molar-refractivity contribution in [3.63, 3.8) is 0 Å². The highest BCUT2D eigenvalue weighted by Gasteiger charge is 2.01. The average Bonchev–Trinajstić information content (AvgIpc) is 2.34. The molecular weight excluding hydrogens is 164 g/mol. The minimum absolute atomic E-state index is 0.368. The molecule has 11 heavy (non-hydrogen) atoms. The molecule has 5 heteroatoms. The monoisotopic (exact) mass is 170 g/mol. The van der Waals surface area contributed by atoms with E-state index >= 15 is 0 Å². The van der Waals surface area contributed by atoms with Crippen LogP contribution in [0.1, 0.15) is 4.88 Å². The van der Waals surface area contributed by atoms with Crippen LogP contribution in [0.25, 0.3) is 6.08 Å². The second-order valence-corrected chi connectivity index (χ2v) is 2.76. The van der Waals surface area contributed by atoms with Crippen molar-refractivity contribution in [1.82, 2.24) is 4.98 Å². The maximum Gasteiger partial charge on any atom is 0.410 e. The maximum atomic E-state index is 10.1. The zero-order valence-corrected chi connectivity index (χ0v) is 6.39. The molecule has 0 unspecified atom stereocenters. The molecule has 0 aliphatic heterocycles. The standard InChI is InChI=1S/C6H6N2O2S/c1-2-4-3-7-5(11-4)8-6(9)10/h2-3H,1H2,(H,7,8)(H,9,10). The molecule has 2 N–H and O–H groups in total. The van der Waals surface area contributed by atoms with Gasteiger partial charge in [-0.25, -0.2) is 9.78 Å². The Morgan fingerprint density at radius 1 is 1.91 bits per heavy atom. The van der Waals surface area contributed by atoms with Crippen molar-refractivity contribution >= 4 is 28.6 Å². The van der Waals surface area contributed by atoms with Crippen LogP contribution in [0.15, 0.2) is 12.8 Å². The molecule has 0 aliphatic carbocycles. The van der Waals surface area contributed by atoms with Crippen LogP contribution in [-0.4, -0.2) is 16.2 Å². The summed E-state index contributed by atoms with van der Waals surface area (Å²) in [6.45, 7) is 3.52. The van der Waals surface area contributed by atoms with E-state index in [2.05, 4.69) is 16.9 Å². The third-order valence-electron chi connectivity index (χ3n) is 0.939. The van der Waals surface area contributed by atoms with Crippen molar-refractivity contribution in [2.24, 2.45) is 0 Å². The number of hydrogen-bond donors (Lipinski definition) is 2. The molecule has 0 atom stereocenters. The highest BCUT2D eigenvalue weighted by molar-refractivity contribution is 7.16. The summed E-state index contributed by atoms with van der Waals surface area (Å²) in [6.07, 6.45) is 2.07. The zero-order valence-electron chi connectivity index (χ0n) is 5.57. The lowest BCUT2D eigenvalue weighted by Crippen LogP contribution is -2.06. The Labute approximate surface area is 67.2 Å². The van der Waals surface area contributed by atoms with Gasteiger partial charge in [0.1, 0.15) is 0 Å². The van der Waals surface area contributed by atoms with E-state index in [9.17, 15) is 4.79 Å². The van der Waals surface area contributed by atoms with Crippen LogP contribution in [0.3, 0.4) is 0 Å². The van der Waals surface area contributed by atoms with Gasteiger partial charge in [0.2, 0.25) is 0 Å². The number of nitrogens with one attached hydrogen (secondary N) is 1. The number of thiazole rings is 1. The first-order valence-electron chi connectivity index (χ1n) is 2.80. The molecular formula is C6H6N2O2S. The van der Waals surface area contributed by atoms with E-state index in [0.29, 0.717) is 5.13 Å². The molecule has 1 amide bonds. The van der Waals surface area contributed by atoms with Crippen LogP contribution in [0.4, 0.5) is 9.93 Å². The summed E-state index contributed by atoms with van der Waals surface area (Å²) in [5, 5.41) is 10.8. The molecule has 0 fully saturated rings. The third-order valence-corrected chi connectivity index (χ3v) is 1.85. The highest BCUT2D eigenvalue weighted by atomic mass is 32.1. The fourth-order valence-electron chi connectivity index (χ4n) is 0.530. The van der Waals surface area contributed by atoms with Gasteiger partial charge in [-0.1, -0.05) is 24.0 Å². The van der Waals surface area contributed by atoms with Crippen molar-refractivity contribution in [3.05, 3.63) is 17.7 Å². The van der Waals surface area contributed by atoms with Crippen LogP contribution in [-0.2, 0) is 0 Å². The van der Waals surface area contributed by atoms with Crippen molar-refractivity contribution in [2.75, 3.05) is 5.32 Å². The van der Waals surface area contributed by atoms with Crippen molar-refractivity contribution in [2.45, 2.75) is 0 Å². The molecule has 1 rings (SSSR count). The number of nitrogens with zero attached hydrogens (tertiary/aromatic N) is 1. The Morgan fingerprint density at radius 2 is 2.64 bits per heavy atom. The molecule has 0 saturated carbocycles. The van der Waals surface area contributed by atoms with Crippen LogP contribution in [0.5, 0.6) is 0 Å². The largest absolute Gasteiger partial charge is 0.465 e. The van der Waals surface area contributed by atoms with Gasteiger partial charge in [-0.05, 0) is 0 Å². The predicted molar refractivity (Wildman–Crippen MR) is 43.9 cm³/mol. The predicted octanol–water partition coefficient (Wildman–Crippen LogP) is 1.88. The molecule has 0 radical (unpaired) electrons. The second-order valence-electron chi connectivity index (χ2n) is 1.70. The first kappa shape index (κ1) is 7.74. The maximum absolute atomic E-state index is 10.1. The molecule has 1 heterocycles. The summed E-state index contributed by atoms with van der Waals surface area (Å²) in [7, 11) is 0. The zero-order chi connectivity index (χ0) is 8.27. The summed E-state index contributed by atoms with van der Waals surface area (Å²) in [5.74, 6) is 0. The fourth-order valence-corrected chi connectivity index (χ4v) is 1.19. The first-order valence-corrected chi connectivity index (χ1v) is 3.62.